The molecule has 2 atom stereocenters. The highest BCUT2D eigenvalue weighted by Crippen LogP contribution is 2.29. The first-order valence-electron chi connectivity index (χ1n) is 7.82. The van der Waals surface area contributed by atoms with Gasteiger partial charge in [0.1, 0.15) is 0 Å². The average molecular weight is 268 g/mol. The number of carbonyl (C=O) groups is 1. The summed E-state index contributed by atoms with van der Waals surface area (Å²) in [4.78, 5) is 14.1. The predicted molar refractivity (Wildman–Crippen MR) is 76.3 cm³/mol. The molecule has 2 fully saturated rings. The summed E-state index contributed by atoms with van der Waals surface area (Å²) < 4.78 is 0. The predicted octanol–water partition coefficient (Wildman–Crippen LogP) is 2.09. The van der Waals surface area contributed by atoms with E-state index < -0.39 is 11.4 Å². The molecule has 0 unspecified atom stereocenters. The topological polar surface area (TPSA) is 52.6 Å². The Kier molecular flexibility index (Phi) is 4.85. The third-order valence-corrected chi connectivity index (χ3v) is 5.36. The molecular weight excluding hydrogens is 240 g/mol. The smallest absolute Gasteiger partial charge is 0.310 e. The maximum atomic E-state index is 11.5. The van der Waals surface area contributed by atoms with E-state index in [0.717, 1.165) is 6.04 Å². The quantitative estimate of drug-likeness (QED) is 0.774. The van der Waals surface area contributed by atoms with E-state index in [1.807, 2.05) is 13.8 Å². The Hall–Kier alpha value is -0.610. The van der Waals surface area contributed by atoms with Crippen molar-refractivity contribution >= 4 is 5.97 Å². The lowest BCUT2D eigenvalue weighted by Crippen LogP contribution is -2.49. The Bertz CT molecular complexity index is 315. The molecule has 0 aliphatic carbocycles. The fraction of sp³-hybridized carbons (Fsp3) is 0.933. The van der Waals surface area contributed by atoms with Crippen molar-refractivity contribution in [2.24, 2.45) is 5.41 Å². The number of nitrogens with one attached hydrogen (secondary N) is 1. The van der Waals surface area contributed by atoms with Crippen molar-refractivity contribution in [1.82, 2.24) is 10.2 Å². The third kappa shape index (κ3) is 3.11. The summed E-state index contributed by atoms with van der Waals surface area (Å²) >= 11 is 0. The van der Waals surface area contributed by atoms with Crippen molar-refractivity contribution in [2.45, 2.75) is 64.5 Å². The molecule has 0 bridgehead atoms. The lowest BCUT2D eigenvalue weighted by atomic mass is 9.82. The summed E-state index contributed by atoms with van der Waals surface area (Å²) in [6.45, 7) is 7.03. The fourth-order valence-electron chi connectivity index (χ4n) is 3.63. The van der Waals surface area contributed by atoms with Crippen molar-refractivity contribution < 1.29 is 9.90 Å². The van der Waals surface area contributed by atoms with Gasteiger partial charge in [0.05, 0.1) is 5.41 Å². The minimum absolute atomic E-state index is 0.510. The van der Waals surface area contributed by atoms with Gasteiger partial charge in [-0.2, -0.15) is 0 Å². The summed E-state index contributed by atoms with van der Waals surface area (Å²) in [5.41, 5.74) is -0.577. The lowest BCUT2D eigenvalue weighted by molar-refractivity contribution is -0.149. The van der Waals surface area contributed by atoms with E-state index in [2.05, 4.69) is 10.2 Å². The Morgan fingerprint density at radius 1 is 1.32 bits per heavy atom. The first kappa shape index (κ1) is 14.8. The van der Waals surface area contributed by atoms with Crippen LogP contribution in [0, 0.1) is 5.41 Å². The van der Waals surface area contributed by atoms with E-state index in [4.69, 9.17) is 0 Å². The van der Waals surface area contributed by atoms with Gasteiger partial charge in [0.2, 0.25) is 0 Å². The second-order valence-electron chi connectivity index (χ2n) is 6.23. The molecule has 2 N–H and O–H groups in total. The minimum atomic E-state index is -0.650. The second kappa shape index (κ2) is 6.23. The zero-order chi connectivity index (χ0) is 13.9. The number of rotatable bonds is 6. The van der Waals surface area contributed by atoms with E-state index in [9.17, 15) is 9.90 Å². The van der Waals surface area contributed by atoms with Crippen LogP contribution in [0.3, 0.4) is 0 Å². The van der Waals surface area contributed by atoms with Gasteiger partial charge in [-0.25, -0.2) is 0 Å². The van der Waals surface area contributed by atoms with Crippen LogP contribution in [0.15, 0.2) is 0 Å². The van der Waals surface area contributed by atoms with Crippen molar-refractivity contribution in [2.75, 3.05) is 19.6 Å². The van der Waals surface area contributed by atoms with Crippen LogP contribution in [-0.2, 0) is 4.79 Å². The van der Waals surface area contributed by atoms with Crippen LogP contribution in [0.1, 0.15) is 52.4 Å². The van der Waals surface area contributed by atoms with Crippen molar-refractivity contribution in [1.29, 1.82) is 0 Å². The van der Waals surface area contributed by atoms with Gasteiger partial charge in [-0.05, 0) is 51.6 Å². The Morgan fingerprint density at radius 3 is 2.68 bits per heavy atom. The first-order chi connectivity index (χ1) is 9.11. The summed E-state index contributed by atoms with van der Waals surface area (Å²) in [7, 11) is 0. The number of hydrogen-bond acceptors (Lipinski definition) is 3. The molecular formula is C15H28N2O2. The monoisotopic (exact) mass is 268 g/mol. The highest BCUT2D eigenvalue weighted by Gasteiger charge is 2.37. The number of fused-ring (bicyclic) bond motifs is 1. The van der Waals surface area contributed by atoms with Gasteiger partial charge in [0, 0.05) is 18.6 Å². The van der Waals surface area contributed by atoms with Crippen LogP contribution in [0.4, 0.5) is 0 Å². The molecule has 19 heavy (non-hydrogen) atoms. The molecule has 2 aliphatic rings. The number of aliphatic carboxylic acids is 1. The Labute approximate surface area is 116 Å². The number of hydrogen-bond donors (Lipinski definition) is 2. The maximum Gasteiger partial charge on any atom is 0.310 e. The molecule has 4 heteroatoms. The molecule has 2 rings (SSSR count). The maximum absolute atomic E-state index is 11.5. The molecule has 4 nitrogen and oxygen atoms in total. The Balaban J connectivity index is 1.86. The summed E-state index contributed by atoms with van der Waals surface area (Å²) in [5, 5.41) is 13.0. The molecule has 0 aromatic rings. The molecule has 0 aromatic heterocycles. The van der Waals surface area contributed by atoms with Crippen molar-refractivity contribution in [3.63, 3.8) is 0 Å². The largest absolute Gasteiger partial charge is 0.481 e. The molecule has 0 aromatic carbocycles. The molecule has 0 saturated carbocycles. The third-order valence-electron chi connectivity index (χ3n) is 5.36. The molecule has 0 radical (unpaired) electrons. The zero-order valence-corrected chi connectivity index (χ0v) is 12.3. The number of piperidine rings is 1. The van der Waals surface area contributed by atoms with E-state index >= 15 is 0 Å². The van der Waals surface area contributed by atoms with Crippen LogP contribution in [0.5, 0.6) is 0 Å². The average Bonchev–Trinajstić information content (AvgIpc) is 2.87. The van der Waals surface area contributed by atoms with Gasteiger partial charge in [0.15, 0.2) is 0 Å². The molecule has 0 amide bonds. The van der Waals surface area contributed by atoms with Crippen LogP contribution in [0.25, 0.3) is 0 Å². The highest BCUT2D eigenvalue weighted by molar-refractivity contribution is 5.74. The highest BCUT2D eigenvalue weighted by atomic mass is 16.4. The molecule has 2 saturated heterocycles. The summed E-state index contributed by atoms with van der Waals surface area (Å²) in [5.74, 6) is -0.650. The number of carboxylic acids is 1. The molecule has 110 valence electrons. The number of carboxylic acid groups (broad SMARTS) is 1. The summed E-state index contributed by atoms with van der Waals surface area (Å²) in [6, 6.07) is 1.25. The van der Waals surface area contributed by atoms with Gasteiger partial charge in [-0.3, -0.25) is 4.79 Å². The van der Waals surface area contributed by atoms with E-state index in [0.29, 0.717) is 25.4 Å². The van der Waals surface area contributed by atoms with E-state index in [1.54, 1.807) is 0 Å². The first-order valence-corrected chi connectivity index (χ1v) is 7.82. The van der Waals surface area contributed by atoms with Gasteiger partial charge < -0.3 is 15.3 Å². The van der Waals surface area contributed by atoms with Crippen LogP contribution in [-0.4, -0.2) is 47.7 Å². The van der Waals surface area contributed by atoms with Crippen molar-refractivity contribution in [3.8, 4) is 0 Å². The fourth-order valence-corrected chi connectivity index (χ4v) is 3.63. The molecule has 0 spiro atoms. The minimum Gasteiger partial charge on any atom is -0.481 e. The Morgan fingerprint density at radius 2 is 2.05 bits per heavy atom. The van der Waals surface area contributed by atoms with Crippen LogP contribution in [0.2, 0.25) is 0 Å². The van der Waals surface area contributed by atoms with E-state index in [-0.39, 0.29) is 0 Å². The standard InChI is InChI=1S/C15H28N2O2/c1-3-15(4-2,14(18)19)11-16-12-7-9-17-8-5-6-13(17)10-12/h12-13,16H,3-11H2,1-2H3,(H,18,19)/t12-,13+/m1/s1. The number of nitrogens with zero attached hydrogens (tertiary/aromatic N) is 1. The lowest BCUT2D eigenvalue weighted by Gasteiger charge is -2.37. The SMILES string of the molecule is CCC(CC)(CN[C@@H]1CCN2CCC[C@H]2C1)C(=O)O. The molecule has 2 heterocycles. The van der Waals surface area contributed by atoms with Crippen molar-refractivity contribution in [3.05, 3.63) is 0 Å². The normalized spacial score (nSPS) is 28.3. The second-order valence-corrected chi connectivity index (χ2v) is 6.23. The van der Waals surface area contributed by atoms with Gasteiger partial charge in [-0.15, -0.1) is 0 Å². The van der Waals surface area contributed by atoms with Crippen LogP contribution < -0.4 is 5.32 Å². The zero-order valence-electron chi connectivity index (χ0n) is 12.3. The van der Waals surface area contributed by atoms with E-state index in [1.165, 1.54) is 38.8 Å². The van der Waals surface area contributed by atoms with Crippen LogP contribution >= 0.6 is 0 Å². The van der Waals surface area contributed by atoms with Gasteiger partial charge >= 0.3 is 5.97 Å². The van der Waals surface area contributed by atoms with Gasteiger partial charge in [0.25, 0.3) is 0 Å². The van der Waals surface area contributed by atoms with Gasteiger partial charge in [-0.1, -0.05) is 13.8 Å². The summed E-state index contributed by atoms with van der Waals surface area (Å²) in [6.07, 6.45) is 6.43. The molecule has 2 aliphatic heterocycles.